The highest BCUT2D eigenvalue weighted by molar-refractivity contribution is 9.10. The first-order valence-corrected chi connectivity index (χ1v) is 9.49. The Balaban J connectivity index is 1.52. The number of methoxy groups -OCH3 is 1. The van der Waals surface area contributed by atoms with Gasteiger partial charge in [-0.15, -0.1) is 0 Å². The van der Waals surface area contributed by atoms with Gasteiger partial charge in [-0.1, -0.05) is 42.0 Å². The van der Waals surface area contributed by atoms with Crippen LogP contribution in [0.1, 0.15) is 11.1 Å². The van der Waals surface area contributed by atoms with Crippen molar-refractivity contribution in [1.29, 1.82) is 0 Å². The third-order valence-corrected chi connectivity index (χ3v) is 5.24. The van der Waals surface area contributed by atoms with E-state index in [1.165, 1.54) is 16.8 Å². The summed E-state index contributed by atoms with van der Waals surface area (Å²) in [5, 5.41) is 0. The molecule has 132 valence electrons. The molecular formula is C21H25BrN2O. The van der Waals surface area contributed by atoms with Crippen LogP contribution in [0.4, 0.5) is 5.69 Å². The summed E-state index contributed by atoms with van der Waals surface area (Å²) in [6.07, 6.45) is 4.49. The Morgan fingerprint density at radius 1 is 1.08 bits per heavy atom. The van der Waals surface area contributed by atoms with Crippen LogP contribution in [0.2, 0.25) is 0 Å². The van der Waals surface area contributed by atoms with E-state index in [9.17, 15) is 0 Å². The van der Waals surface area contributed by atoms with Crippen LogP contribution in [0.3, 0.4) is 0 Å². The first-order valence-electron chi connectivity index (χ1n) is 8.70. The molecule has 2 aromatic rings. The highest BCUT2D eigenvalue weighted by Gasteiger charge is 2.17. The SMILES string of the molecule is COc1cc(N2CCN(C/C=C/c3cccc(C)c3)CC2)ccc1Br. The molecule has 3 rings (SSSR count). The molecule has 0 spiro atoms. The number of rotatable bonds is 5. The van der Waals surface area contributed by atoms with E-state index in [4.69, 9.17) is 4.74 Å². The summed E-state index contributed by atoms with van der Waals surface area (Å²) in [6.45, 7) is 7.39. The molecule has 0 amide bonds. The maximum atomic E-state index is 5.41. The molecule has 1 saturated heterocycles. The lowest BCUT2D eigenvalue weighted by molar-refractivity contribution is 0.284. The van der Waals surface area contributed by atoms with E-state index in [0.717, 1.165) is 42.9 Å². The lowest BCUT2D eigenvalue weighted by atomic mass is 10.1. The Morgan fingerprint density at radius 3 is 2.60 bits per heavy atom. The molecule has 0 atom stereocenters. The summed E-state index contributed by atoms with van der Waals surface area (Å²) in [4.78, 5) is 4.93. The van der Waals surface area contributed by atoms with E-state index in [2.05, 4.69) is 87.3 Å². The van der Waals surface area contributed by atoms with E-state index in [-0.39, 0.29) is 0 Å². The number of anilines is 1. The fourth-order valence-corrected chi connectivity index (χ4v) is 3.55. The van der Waals surface area contributed by atoms with Crippen molar-refractivity contribution in [2.45, 2.75) is 6.92 Å². The molecule has 0 aliphatic carbocycles. The van der Waals surface area contributed by atoms with Crippen LogP contribution in [-0.4, -0.2) is 44.7 Å². The molecule has 4 heteroatoms. The fraction of sp³-hybridized carbons (Fsp3) is 0.333. The molecule has 1 aliphatic heterocycles. The quantitative estimate of drug-likeness (QED) is 0.728. The van der Waals surface area contributed by atoms with Gasteiger partial charge in [-0.2, -0.15) is 0 Å². The molecule has 25 heavy (non-hydrogen) atoms. The normalized spacial score (nSPS) is 15.7. The summed E-state index contributed by atoms with van der Waals surface area (Å²) in [6, 6.07) is 14.9. The van der Waals surface area contributed by atoms with Gasteiger partial charge < -0.3 is 9.64 Å². The lowest BCUT2D eigenvalue weighted by Gasteiger charge is -2.35. The van der Waals surface area contributed by atoms with Crippen LogP contribution in [0, 0.1) is 6.92 Å². The van der Waals surface area contributed by atoms with Crippen LogP contribution < -0.4 is 9.64 Å². The first kappa shape index (κ1) is 18.0. The molecule has 1 heterocycles. The zero-order valence-corrected chi connectivity index (χ0v) is 16.5. The predicted molar refractivity (Wildman–Crippen MR) is 110 cm³/mol. The largest absolute Gasteiger partial charge is 0.495 e. The van der Waals surface area contributed by atoms with Crippen molar-refractivity contribution in [3.8, 4) is 5.75 Å². The fourth-order valence-electron chi connectivity index (χ4n) is 3.15. The summed E-state index contributed by atoms with van der Waals surface area (Å²) in [7, 11) is 1.71. The van der Waals surface area contributed by atoms with Crippen molar-refractivity contribution in [2.24, 2.45) is 0 Å². The minimum Gasteiger partial charge on any atom is -0.495 e. The number of benzene rings is 2. The molecule has 0 unspecified atom stereocenters. The summed E-state index contributed by atoms with van der Waals surface area (Å²) < 4.78 is 6.41. The van der Waals surface area contributed by atoms with Crippen molar-refractivity contribution < 1.29 is 4.74 Å². The van der Waals surface area contributed by atoms with E-state index in [0.29, 0.717) is 0 Å². The maximum Gasteiger partial charge on any atom is 0.135 e. The van der Waals surface area contributed by atoms with Crippen LogP contribution in [-0.2, 0) is 0 Å². The average molecular weight is 401 g/mol. The molecule has 0 bridgehead atoms. The second kappa shape index (κ2) is 8.54. The van der Waals surface area contributed by atoms with E-state index >= 15 is 0 Å². The van der Waals surface area contributed by atoms with Gasteiger partial charge >= 0.3 is 0 Å². The Bertz CT molecular complexity index is 736. The Kier molecular flexibility index (Phi) is 6.16. The van der Waals surface area contributed by atoms with Crippen molar-refractivity contribution in [1.82, 2.24) is 4.90 Å². The van der Waals surface area contributed by atoms with Crippen molar-refractivity contribution in [3.05, 3.63) is 64.1 Å². The lowest BCUT2D eigenvalue weighted by Crippen LogP contribution is -2.46. The van der Waals surface area contributed by atoms with Crippen LogP contribution in [0.15, 0.2) is 53.0 Å². The van der Waals surface area contributed by atoms with Gasteiger partial charge in [-0.05, 0) is 40.5 Å². The maximum absolute atomic E-state index is 5.41. The third-order valence-electron chi connectivity index (χ3n) is 4.59. The molecule has 1 aliphatic rings. The van der Waals surface area contributed by atoms with Gasteiger partial charge in [0.1, 0.15) is 5.75 Å². The first-order chi connectivity index (χ1) is 12.2. The molecule has 0 aromatic heterocycles. The van der Waals surface area contributed by atoms with Gasteiger partial charge in [0.15, 0.2) is 0 Å². The number of ether oxygens (including phenoxy) is 1. The summed E-state index contributed by atoms with van der Waals surface area (Å²) in [5.41, 5.74) is 3.82. The van der Waals surface area contributed by atoms with Crippen molar-refractivity contribution in [2.75, 3.05) is 44.7 Å². The Labute approximate surface area is 159 Å². The summed E-state index contributed by atoms with van der Waals surface area (Å²) >= 11 is 3.52. The van der Waals surface area contributed by atoms with Gasteiger partial charge in [-0.25, -0.2) is 0 Å². The van der Waals surface area contributed by atoms with E-state index in [1.54, 1.807) is 7.11 Å². The Hall–Kier alpha value is -1.78. The van der Waals surface area contributed by atoms with Gasteiger partial charge in [0.05, 0.1) is 11.6 Å². The molecule has 0 saturated carbocycles. The Morgan fingerprint density at radius 2 is 1.88 bits per heavy atom. The molecule has 0 radical (unpaired) electrons. The molecule has 1 fully saturated rings. The highest BCUT2D eigenvalue weighted by Crippen LogP contribution is 2.30. The zero-order chi connectivity index (χ0) is 17.6. The molecule has 3 nitrogen and oxygen atoms in total. The van der Waals surface area contributed by atoms with Crippen LogP contribution in [0.25, 0.3) is 6.08 Å². The zero-order valence-electron chi connectivity index (χ0n) is 14.9. The molecule has 0 N–H and O–H groups in total. The minimum atomic E-state index is 0.890. The smallest absolute Gasteiger partial charge is 0.135 e. The summed E-state index contributed by atoms with van der Waals surface area (Å²) in [5.74, 6) is 0.890. The molecule has 2 aromatic carbocycles. The second-order valence-corrected chi connectivity index (χ2v) is 7.28. The number of hydrogen-bond donors (Lipinski definition) is 0. The number of hydrogen-bond acceptors (Lipinski definition) is 3. The second-order valence-electron chi connectivity index (χ2n) is 6.42. The van der Waals surface area contributed by atoms with Crippen molar-refractivity contribution in [3.63, 3.8) is 0 Å². The number of aryl methyl sites for hydroxylation is 1. The van der Waals surface area contributed by atoms with E-state index < -0.39 is 0 Å². The standard InChI is InChI=1S/C21H25BrN2O/c1-17-5-3-6-18(15-17)7-4-10-23-11-13-24(14-12-23)19-8-9-20(22)21(16-19)25-2/h3-9,15-16H,10-14H2,1-2H3/b7-4+. The average Bonchev–Trinajstić information content (AvgIpc) is 2.63. The van der Waals surface area contributed by atoms with Crippen LogP contribution >= 0.6 is 15.9 Å². The predicted octanol–water partition coefficient (Wildman–Crippen LogP) is 4.60. The topological polar surface area (TPSA) is 15.7 Å². The minimum absolute atomic E-state index is 0.890. The number of halogens is 1. The van der Waals surface area contributed by atoms with Gasteiger partial charge in [0.25, 0.3) is 0 Å². The van der Waals surface area contributed by atoms with E-state index in [1.807, 2.05) is 0 Å². The van der Waals surface area contributed by atoms with Crippen LogP contribution in [0.5, 0.6) is 5.75 Å². The third kappa shape index (κ3) is 4.86. The van der Waals surface area contributed by atoms with Gasteiger partial charge in [0.2, 0.25) is 0 Å². The number of nitrogens with zero attached hydrogens (tertiary/aromatic N) is 2. The highest BCUT2D eigenvalue weighted by atomic mass is 79.9. The van der Waals surface area contributed by atoms with Crippen molar-refractivity contribution >= 4 is 27.7 Å². The number of piperazine rings is 1. The van der Waals surface area contributed by atoms with Gasteiger partial charge in [0, 0.05) is 44.5 Å². The monoisotopic (exact) mass is 400 g/mol. The molecular weight excluding hydrogens is 376 g/mol. The van der Waals surface area contributed by atoms with Gasteiger partial charge in [-0.3, -0.25) is 4.90 Å².